The topological polar surface area (TPSA) is 101 Å². The fourth-order valence-electron chi connectivity index (χ4n) is 3.89. The molecule has 3 unspecified atom stereocenters. The van der Waals surface area contributed by atoms with E-state index in [9.17, 15) is 14.7 Å². The quantitative estimate of drug-likeness (QED) is 0.769. The molecule has 1 N–H and O–H groups in total. The summed E-state index contributed by atoms with van der Waals surface area (Å²) >= 11 is 0. The average molecular weight is 398 g/mol. The van der Waals surface area contributed by atoms with Crippen LogP contribution in [0, 0.1) is 0 Å². The Morgan fingerprint density at radius 2 is 1.10 bits per heavy atom. The van der Waals surface area contributed by atoms with Crippen molar-refractivity contribution in [3.63, 3.8) is 0 Å². The van der Waals surface area contributed by atoms with Crippen LogP contribution < -0.4 is 0 Å². The highest BCUT2D eigenvalue weighted by atomic mass is 16.9. The zero-order valence-corrected chi connectivity index (χ0v) is 15.1. The molecule has 2 aromatic rings. The van der Waals surface area contributed by atoms with Gasteiger partial charge in [-0.1, -0.05) is 36.4 Å². The summed E-state index contributed by atoms with van der Waals surface area (Å²) in [5.74, 6) is -1.17. The number of rotatable bonds is 4. The van der Waals surface area contributed by atoms with E-state index in [1.807, 2.05) is 0 Å². The van der Waals surface area contributed by atoms with Crippen molar-refractivity contribution >= 4 is 11.9 Å². The number of hydrogen-bond acceptors (Lipinski definition) is 8. The number of aliphatic hydroxyl groups excluding tert-OH is 1. The third-order valence-electron chi connectivity index (χ3n) is 5.28. The average Bonchev–Trinajstić information content (AvgIpc) is 2.76. The zero-order chi connectivity index (χ0) is 20.0. The summed E-state index contributed by atoms with van der Waals surface area (Å²) < 4.78 is 27.9. The lowest BCUT2D eigenvalue weighted by atomic mass is 9.82. The smallest absolute Gasteiger partial charge is 0.338 e. The molecule has 4 bridgehead atoms. The van der Waals surface area contributed by atoms with Crippen LogP contribution in [-0.4, -0.2) is 60.1 Å². The maximum Gasteiger partial charge on any atom is 0.338 e. The Morgan fingerprint density at radius 1 is 0.690 bits per heavy atom. The van der Waals surface area contributed by atoms with Gasteiger partial charge < -0.3 is 28.8 Å². The third-order valence-corrected chi connectivity index (χ3v) is 5.28. The minimum absolute atomic E-state index is 0.352. The summed E-state index contributed by atoms with van der Waals surface area (Å²) in [5, 5.41) is 10.6. The van der Waals surface area contributed by atoms with Crippen molar-refractivity contribution in [2.24, 2.45) is 0 Å². The van der Waals surface area contributed by atoms with E-state index in [1.165, 1.54) is 0 Å². The molecule has 8 heteroatoms. The van der Waals surface area contributed by atoms with Crippen molar-refractivity contribution in [3.05, 3.63) is 71.8 Å². The van der Waals surface area contributed by atoms with E-state index >= 15 is 0 Å². The standard InChI is InChI=1S/C21H18O8/c22-13-14-16(25-19(23)11-7-3-1-4-8-11)18-17(15(13)28-21(27-14)29-18)26-20(24)12-9-5-2-6-10-12/h1-10,13-18,21-22H/t13?,14-,15+,16-,17-,18?,21?/m1/s1. The van der Waals surface area contributed by atoms with E-state index in [1.54, 1.807) is 60.7 Å². The maximum atomic E-state index is 12.5. The fraction of sp³-hybridized carbons (Fsp3) is 0.333. The van der Waals surface area contributed by atoms with Crippen LogP contribution in [0.25, 0.3) is 0 Å². The molecule has 3 aliphatic heterocycles. The Balaban J connectivity index is 1.38. The molecule has 6 rings (SSSR count). The number of benzene rings is 2. The number of carbonyl (C=O) groups excluding carboxylic acids is 2. The monoisotopic (exact) mass is 398 g/mol. The van der Waals surface area contributed by atoms with Crippen LogP contribution in [-0.2, 0) is 23.7 Å². The Labute approximate surface area is 165 Å². The van der Waals surface area contributed by atoms with E-state index in [0.717, 1.165) is 0 Å². The molecule has 1 aliphatic carbocycles. The molecule has 4 fully saturated rings. The van der Waals surface area contributed by atoms with Gasteiger partial charge >= 0.3 is 11.9 Å². The van der Waals surface area contributed by atoms with E-state index < -0.39 is 55.0 Å². The van der Waals surface area contributed by atoms with Crippen molar-refractivity contribution < 1.29 is 38.4 Å². The number of esters is 2. The lowest BCUT2D eigenvalue weighted by molar-refractivity contribution is -0.479. The van der Waals surface area contributed by atoms with E-state index in [0.29, 0.717) is 11.1 Å². The summed E-state index contributed by atoms with van der Waals surface area (Å²) in [5.41, 5.74) is 0.703. The normalized spacial score (nSPS) is 34.6. The fourth-order valence-corrected chi connectivity index (χ4v) is 3.89. The summed E-state index contributed by atoms with van der Waals surface area (Å²) in [6.45, 7) is -1.00. The first-order chi connectivity index (χ1) is 14.1. The molecule has 29 heavy (non-hydrogen) atoms. The number of aliphatic hydroxyl groups is 1. The minimum Gasteiger partial charge on any atom is -0.453 e. The van der Waals surface area contributed by atoms with Gasteiger partial charge in [-0.05, 0) is 24.3 Å². The maximum absolute atomic E-state index is 12.5. The van der Waals surface area contributed by atoms with Crippen LogP contribution in [0.1, 0.15) is 20.7 Å². The van der Waals surface area contributed by atoms with E-state index in [2.05, 4.69) is 0 Å². The first kappa shape index (κ1) is 18.3. The van der Waals surface area contributed by atoms with Crippen molar-refractivity contribution in [3.8, 4) is 0 Å². The zero-order valence-electron chi connectivity index (χ0n) is 15.1. The van der Waals surface area contributed by atoms with Crippen LogP contribution in [0.3, 0.4) is 0 Å². The van der Waals surface area contributed by atoms with Gasteiger partial charge in [0.1, 0.15) is 24.4 Å². The summed E-state index contributed by atoms with van der Waals surface area (Å²) in [4.78, 5) is 25.1. The Hall–Kier alpha value is -2.78. The predicted octanol–water partition coefficient (Wildman–Crippen LogP) is 1.28. The molecule has 8 nitrogen and oxygen atoms in total. The van der Waals surface area contributed by atoms with Crippen LogP contribution in [0.15, 0.2) is 60.7 Å². The SMILES string of the molecule is O=C(O[C@H]1C2OC3O[C@@H]1C(O)[C@H](O3)[C@H]2OC(=O)c1ccccc1)c1ccccc1. The molecule has 150 valence electrons. The van der Waals surface area contributed by atoms with Crippen LogP contribution in [0.4, 0.5) is 0 Å². The second-order valence-electron chi connectivity index (χ2n) is 7.05. The van der Waals surface area contributed by atoms with Crippen LogP contribution >= 0.6 is 0 Å². The molecular formula is C21H18O8. The van der Waals surface area contributed by atoms with Gasteiger partial charge in [-0.3, -0.25) is 0 Å². The molecule has 0 amide bonds. The Bertz CT molecular complexity index is 830. The largest absolute Gasteiger partial charge is 0.453 e. The van der Waals surface area contributed by atoms with Gasteiger partial charge in [-0.2, -0.15) is 0 Å². The van der Waals surface area contributed by atoms with Gasteiger partial charge in [-0.15, -0.1) is 0 Å². The molecule has 3 saturated heterocycles. The number of carbonyl (C=O) groups is 2. The second kappa shape index (κ2) is 7.23. The summed E-state index contributed by atoms with van der Waals surface area (Å²) in [6, 6.07) is 16.9. The molecule has 0 aromatic heterocycles. The van der Waals surface area contributed by atoms with Gasteiger partial charge in [0, 0.05) is 0 Å². The first-order valence-electron chi connectivity index (χ1n) is 9.28. The van der Waals surface area contributed by atoms with Gasteiger partial charge in [0.25, 0.3) is 6.48 Å². The highest BCUT2D eigenvalue weighted by Gasteiger charge is 2.64. The summed E-state index contributed by atoms with van der Waals surface area (Å²) in [6.07, 6.45) is -5.55. The number of hydrogen-bond donors (Lipinski definition) is 1. The highest BCUT2D eigenvalue weighted by Crippen LogP contribution is 2.42. The second-order valence-corrected chi connectivity index (χ2v) is 7.05. The van der Waals surface area contributed by atoms with Crippen molar-refractivity contribution in [2.45, 2.75) is 43.1 Å². The molecule has 1 saturated carbocycles. The van der Waals surface area contributed by atoms with Gasteiger partial charge in [0.15, 0.2) is 12.2 Å². The van der Waals surface area contributed by atoms with E-state index in [4.69, 9.17) is 23.7 Å². The van der Waals surface area contributed by atoms with E-state index in [-0.39, 0.29) is 0 Å². The van der Waals surface area contributed by atoms with Crippen LogP contribution in [0.5, 0.6) is 0 Å². The Kier molecular flexibility index (Phi) is 4.56. The van der Waals surface area contributed by atoms with Gasteiger partial charge in [0.05, 0.1) is 11.1 Å². The van der Waals surface area contributed by atoms with Gasteiger partial charge in [0.2, 0.25) is 0 Å². The molecule has 0 spiro atoms. The molecule has 7 atom stereocenters. The van der Waals surface area contributed by atoms with Gasteiger partial charge in [-0.25, -0.2) is 9.59 Å². The number of ether oxygens (including phenoxy) is 5. The lowest BCUT2D eigenvalue weighted by Crippen LogP contribution is -2.76. The van der Waals surface area contributed by atoms with Crippen molar-refractivity contribution in [1.82, 2.24) is 0 Å². The summed E-state index contributed by atoms with van der Waals surface area (Å²) in [7, 11) is 0. The lowest BCUT2D eigenvalue weighted by Gasteiger charge is -2.56. The Morgan fingerprint density at radius 3 is 1.55 bits per heavy atom. The molecule has 0 radical (unpaired) electrons. The van der Waals surface area contributed by atoms with Crippen LogP contribution in [0.2, 0.25) is 0 Å². The minimum atomic E-state index is -1.14. The van der Waals surface area contributed by atoms with Crippen molar-refractivity contribution in [1.29, 1.82) is 0 Å². The third kappa shape index (κ3) is 3.20. The molecular weight excluding hydrogens is 380 g/mol. The van der Waals surface area contributed by atoms with Crippen molar-refractivity contribution in [2.75, 3.05) is 0 Å². The molecule has 2 aromatic carbocycles. The molecule has 3 heterocycles. The predicted molar refractivity (Wildman–Crippen MR) is 95.7 cm³/mol. The molecule has 4 aliphatic rings. The first-order valence-corrected chi connectivity index (χ1v) is 9.28. The highest BCUT2D eigenvalue weighted by molar-refractivity contribution is 5.90.